The molecule has 1 heterocycles. The second kappa shape index (κ2) is 9.20. The Kier molecular flexibility index (Phi) is 6.21. The van der Waals surface area contributed by atoms with Crippen molar-refractivity contribution in [3.63, 3.8) is 0 Å². The average molecular weight is 361 g/mol. The molecular formula is C21H19N3O3. The van der Waals surface area contributed by atoms with E-state index in [1.807, 2.05) is 36.4 Å². The summed E-state index contributed by atoms with van der Waals surface area (Å²) in [6.45, 7) is 0.464. The Bertz CT molecular complexity index is 929. The van der Waals surface area contributed by atoms with E-state index in [2.05, 4.69) is 16.4 Å². The fraction of sp³-hybridized carbons (Fsp3) is 0.190. The maximum absolute atomic E-state index is 12.3. The molecule has 0 aliphatic rings. The molecule has 0 unspecified atom stereocenters. The predicted molar refractivity (Wildman–Crippen MR) is 101 cm³/mol. The summed E-state index contributed by atoms with van der Waals surface area (Å²) in [4.78, 5) is 16.6. The van der Waals surface area contributed by atoms with Gasteiger partial charge in [0.05, 0.1) is 24.8 Å². The number of ether oxygens (including phenoxy) is 1. The average Bonchev–Trinajstić information content (AvgIpc) is 3.14. The lowest BCUT2D eigenvalue weighted by Crippen LogP contribution is -2.14. The second-order valence-electron chi connectivity index (χ2n) is 5.87. The third-order valence-electron chi connectivity index (χ3n) is 3.73. The third-order valence-corrected chi connectivity index (χ3v) is 3.73. The molecule has 0 aliphatic carbocycles. The first-order valence-corrected chi connectivity index (χ1v) is 8.64. The summed E-state index contributed by atoms with van der Waals surface area (Å²) in [6, 6.07) is 18.8. The molecule has 1 N–H and O–H groups in total. The van der Waals surface area contributed by atoms with Gasteiger partial charge >= 0.3 is 0 Å². The summed E-state index contributed by atoms with van der Waals surface area (Å²) in [7, 11) is 0. The van der Waals surface area contributed by atoms with Crippen LogP contribution in [0.1, 0.15) is 18.5 Å². The molecule has 0 fully saturated rings. The number of hydrogen-bond donors (Lipinski definition) is 1. The van der Waals surface area contributed by atoms with Crippen LogP contribution in [-0.4, -0.2) is 17.5 Å². The van der Waals surface area contributed by atoms with Crippen LogP contribution in [0.25, 0.3) is 11.5 Å². The smallest absolute Gasteiger partial charge is 0.230 e. The molecule has 0 spiro atoms. The van der Waals surface area contributed by atoms with Crippen molar-refractivity contribution < 1.29 is 13.9 Å². The largest absolute Gasteiger partial charge is 0.493 e. The maximum Gasteiger partial charge on any atom is 0.230 e. The quantitative estimate of drug-likeness (QED) is 0.607. The van der Waals surface area contributed by atoms with E-state index in [0.717, 1.165) is 5.56 Å². The monoisotopic (exact) mass is 361 g/mol. The number of carbonyl (C=O) groups excluding carboxylic acids is 1. The van der Waals surface area contributed by atoms with Crippen LogP contribution in [0.3, 0.4) is 0 Å². The molecule has 0 saturated carbocycles. The fourth-order valence-corrected chi connectivity index (χ4v) is 2.48. The van der Waals surface area contributed by atoms with Gasteiger partial charge in [-0.25, -0.2) is 4.98 Å². The zero-order valence-corrected chi connectivity index (χ0v) is 14.7. The van der Waals surface area contributed by atoms with Gasteiger partial charge in [-0.15, -0.1) is 0 Å². The minimum atomic E-state index is -0.190. The van der Waals surface area contributed by atoms with Crippen molar-refractivity contribution in [2.45, 2.75) is 19.3 Å². The zero-order chi connectivity index (χ0) is 18.9. The maximum atomic E-state index is 12.3. The summed E-state index contributed by atoms with van der Waals surface area (Å²) in [6.07, 6.45) is 2.74. The minimum Gasteiger partial charge on any atom is -0.493 e. The summed E-state index contributed by atoms with van der Waals surface area (Å²) >= 11 is 0. The molecule has 1 aromatic heterocycles. The highest BCUT2D eigenvalue weighted by atomic mass is 16.5. The molecule has 3 aromatic rings. The number of amides is 1. The molecule has 0 aliphatic heterocycles. The van der Waals surface area contributed by atoms with Crippen LogP contribution in [-0.2, 0) is 11.2 Å². The Hall–Kier alpha value is -3.59. The molecule has 0 radical (unpaired) electrons. The standard InChI is InChI=1S/C21H19N3O3/c22-11-4-5-12-26-19-10-6-9-17(13-19)23-20(25)14-18-15-27-21(24-18)16-7-2-1-3-8-16/h1-3,6-10,13,15H,4-5,12,14H2,(H,23,25). The number of hydrogen-bond acceptors (Lipinski definition) is 5. The molecule has 0 atom stereocenters. The van der Waals surface area contributed by atoms with Gasteiger partial charge in [0.25, 0.3) is 0 Å². The molecule has 6 nitrogen and oxygen atoms in total. The van der Waals surface area contributed by atoms with Crippen molar-refractivity contribution >= 4 is 11.6 Å². The Labute approximate surface area is 157 Å². The van der Waals surface area contributed by atoms with Crippen LogP contribution < -0.4 is 10.1 Å². The van der Waals surface area contributed by atoms with Gasteiger partial charge in [0.2, 0.25) is 11.8 Å². The van der Waals surface area contributed by atoms with Gasteiger partial charge < -0.3 is 14.5 Å². The van der Waals surface area contributed by atoms with Gasteiger partial charge in [0.1, 0.15) is 12.0 Å². The molecule has 3 rings (SSSR count). The van der Waals surface area contributed by atoms with Crippen LogP contribution in [0.15, 0.2) is 65.3 Å². The van der Waals surface area contributed by atoms with Crippen molar-refractivity contribution in [3.8, 4) is 23.3 Å². The molecule has 2 aromatic carbocycles. The molecule has 1 amide bonds. The number of benzene rings is 2. The second-order valence-corrected chi connectivity index (χ2v) is 5.87. The van der Waals surface area contributed by atoms with E-state index in [9.17, 15) is 4.79 Å². The highest BCUT2D eigenvalue weighted by molar-refractivity contribution is 5.92. The van der Waals surface area contributed by atoms with E-state index in [1.165, 1.54) is 6.26 Å². The van der Waals surface area contributed by atoms with E-state index in [1.54, 1.807) is 18.2 Å². The number of nitrogens with one attached hydrogen (secondary N) is 1. The van der Waals surface area contributed by atoms with Gasteiger partial charge in [0, 0.05) is 23.7 Å². The normalized spacial score (nSPS) is 10.2. The Morgan fingerprint density at radius 2 is 2.04 bits per heavy atom. The van der Waals surface area contributed by atoms with Gasteiger partial charge in [-0.1, -0.05) is 24.3 Å². The number of rotatable bonds is 8. The van der Waals surface area contributed by atoms with Crippen LogP contribution in [0, 0.1) is 11.3 Å². The first-order valence-electron chi connectivity index (χ1n) is 8.64. The lowest BCUT2D eigenvalue weighted by molar-refractivity contribution is -0.115. The van der Waals surface area contributed by atoms with Crippen molar-refractivity contribution in [2.24, 2.45) is 0 Å². The van der Waals surface area contributed by atoms with E-state index >= 15 is 0 Å². The minimum absolute atomic E-state index is 0.115. The summed E-state index contributed by atoms with van der Waals surface area (Å²) in [5, 5.41) is 11.4. The Balaban J connectivity index is 1.55. The highest BCUT2D eigenvalue weighted by Gasteiger charge is 2.11. The SMILES string of the molecule is N#CCCCOc1cccc(NC(=O)Cc2coc(-c3ccccc3)n2)c1. The number of anilines is 1. The molecular weight excluding hydrogens is 342 g/mol. The zero-order valence-electron chi connectivity index (χ0n) is 14.7. The summed E-state index contributed by atoms with van der Waals surface area (Å²) in [5.74, 6) is 0.953. The van der Waals surface area contributed by atoms with E-state index in [-0.39, 0.29) is 12.3 Å². The van der Waals surface area contributed by atoms with E-state index in [4.69, 9.17) is 14.4 Å². The lowest BCUT2D eigenvalue weighted by Gasteiger charge is -2.08. The van der Waals surface area contributed by atoms with Crippen LogP contribution in [0.2, 0.25) is 0 Å². The summed E-state index contributed by atoms with van der Waals surface area (Å²) in [5.41, 5.74) is 2.07. The van der Waals surface area contributed by atoms with E-state index < -0.39 is 0 Å². The van der Waals surface area contributed by atoms with Gasteiger partial charge in [-0.05, 0) is 30.7 Å². The number of oxazole rings is 1. The third kappa shape index (κ3) is 5.44. The van der Waals surface area contributed by atoms with Crippen LogP contribution >= 0.6 is 0 Å². The number of carbonyl (C=O) groups is 1. The highest BCUT2D eigenvalue weighted by Crippen LogP contribution is 2.20. The van der Waals surface area contributed by atoms with Crippen molar-refractivity contribution in [2.75, 3.05) is 11.9 Å². The number of nitriles is 1. The van der Waals surface area contributed by atoms with Gasteiger partial charge in [0.15, 0.2) is 0 Å². The molecule has 27 heavy (non-hydrogen) atoms. The molecule has 6 heteroatoms. The van der Waals surface area contributed by atoms with E-state index in [0.29, 0.717) is 42.5 Å². The van der Waals surface area contributed by atoms with Gasteiger partial charge in [-0.2, -0.15) is 5.26 Å². The van der Waals surface area contributed by atoms with Crippen LogP contribution in [0.4, 0.5) is 5.69 Å². The fourth-order valence-electron chi connectivity index (χ4n) is 2.48. The predicted octanol–water partition coefficient (Wildman–Crippen LogP) is 4.21. The van der Waals surface area contributed by atoms with Crippen molar-refractivity contribution in [3.05, 3.63) is 66.6 Å². The Morgan fingerprint density at radius 1 is 1.19 bits per heavy atom. The van der Waals surface area contributed by atoms with Crippen LogP contribution in [0.5, 0.6) is 5.75 Å². The van der Waals surface area contributed by atoms with Crippen molar-refractivity contribution in [1.82, 2.24) is 4.98 Å². The number of nitrogens with zero attached hydrogens (tertiary/aromatic N) is 2. The molecule has 0 bridgehead atoms. The van der Waals surface area contributed by atoms with Gasteiger partial charge in [-0.3, -0.25) is 4.79 Å². The molecule has 0 saturated heterocycles. The van der Waals surface area contributed by atoms with Crippen molar-refractivity contribution in [1.29, 1.82) is 5.26 Å². The number of aromatic nitrogens is 1. The summed E-state index contributed by atoms with van der Waals surface area (Å²) < 4.78 is 11.0. The first-order chi connectivity index (χ1) is 13.2. The topological polar surface area (TPSA) is 88.1 Å². The molecule has 136 valence electrons. The Morgan fingerprint density at radius 3 is 2.85 bits per heavy atom. The first kappa shape index (κ1) is 18.2. The lowest BCUT2D eigenvalue weighted by atomic mass is 10.2. The number of unbranched alkanes of at least 4 members (excludes halogenated alkanes) is 1.